The average molecular weight is 479 g/mol. The third kappa shape index (κ3) is 4.66. The fourth-order valence-electron chi connectivity index (χ4n) is 4.13. The number of aromatic nitrogens is 2. The summed E-state index contributed by atoms with van der Waals surface area (Å²) in [5, 5.41) is 15.5. The number of amides is 3. The molecule has 2 aliphatic heterocycles. The molecular formula is C23H26N8O2S. The van der Waals surface area contributed by atoms with E-state index in [1.165, 1.54) is 11.3 Å². The van der Waals surface area contributed by atoms with Crippen LogP contribution in [0, 0.1) is 0 Å². The van der Waals surface area contributed by atoms with Crippen LogP contribution in [0.25, 0.3) is 0 Å². The first-order valence-electron chi connectivity index (χ1n) is 11.1. The Hall–Kier alpha value is -3.70. The molecule has 0 bridgehead atoms. The molecular weight excluding hydrogens is 452 g/mol. The smallest absolute Gasteiger partial charge is 0.323 e. The van der Waals surface area contributed by atoms with E-state index in [-0.39, 0.29) is 11.9 Å². The predicted octanol–water partition coefficient (Wildman–Crippen LogP) is 4.02. The highest BCUT2D eigenvalue weighted by Gasteiger charge is 2.26. The first-order chi connectivity index (χ1) is 16.5. The molecule has 0 saturated carbocycles. The number of likely N-dealkylation sites (tertiary alicyclic amines) is 1. The number of carbonyl (C=O) groups excluding carboxylic acids is 2. The van der Waals surface area contributed by atoms with Crippen molar-refractivity contribution >= 4 is 57.8 Å². The van der Waals surface area contributed by atoms with Crippen LogP contribution in [0.2, 0.25) is 0 Å². The van der Waals surface area contributed by atoms with Crippen molar-refractivity contribution in [3.63, 3.8) is 0 Å². The van der Waals surface area contributed by atoms with Crippen molar-refractivity contribution in [2.75, 3.05) is 53.4 Å². The SMILES string of the molecule is CN1CCC(N(C)c2ncc3c(n2)Nc2cc(NC(=O)Nc4ccsc4)ccc2NC3=O)CC1. The van der Waals surface area contributed by atoms with E-state index in [0.29, 0.717) is 40.4 Å². The Balaban J connectivity index is 1.36. The Labute approximate surface area is 201 Å². The first kappa shape index (κ1) is 22.1. The number of anilines is 6. The van der Waals surface area contributed by atoms with Gasteiger partial charge < -0.3 is 31.1 Å². The molecule has 2 aromatic heterocycles. The normalized spacial score (nSPS) is 15.9. The summed E-state index contributed by atoms with van der Waals surface area (Å²) >= 11 is 1.50. The Morgan fingerprint density at radius 3 is 2.71 bits per heavy atom. The highest BCUT2D eigenvalue weighted by molar-refractivity contribution is 7.08. The second-order valence-corrected chi connectivity index (χ2v) is 9.29. The topological polar surface area (TPSA) is 115 Å². The second kappa shape index (κ2) is 9.27. The van der Waals surface area contributed by atoms with Gasteiger partial charge in [0, 0.05) is 30.4 Å². The molecule has 1 aromatic carbocycles. The molecule has 34 heavy (non-hydrogen) atoms. The van der Waals surface area contributed by atoms with Crippen LogP contribution in [0.3, 0.4) is 0 Å². The van der Waals surface area contributed by atoms with Crippen molar-refractivity contribution in [3.05, 3.63) is 46.8 Å². The van der Waals surface area contributed by atoms with Gasteiger partial charge in [0.15, 0.2) is 0 Å². The van der Waals surface area contributed by atoms with Crippen molar-refractivity contribution in [1.82, 2.24) is 14.9 Å². The second-order valence-electron chi connectivity index (χ2n) is 8.51. The van der Waals surface area contributed by atoms with E-state index in [2.05, 4.69) is 48.1 Å². The number of thiophene rings is 1. The lowest BCUT2D eigenvalue weighted by Crippen LogP contribution is -2.42. The monoisotopic (exact) mass is 478 g/mol. The van der Waals surface area contributed by atoms with Crippen LogP contribution in [0.5, 0.6) is 0 Å². The zero-order chi connectivity index (χ0) is 23.7. The van der Waals surface area contributed by atoms with Crippen LogP contribution in [0.1, 0.15) is 23.2 Å². The molecule has 2 aliphatic rings. The first-order valence-corrected chi connectivity index (χ1v) is 12.0. The number of piperidine rings is 1. The minimum Gasteiger partial charge on any atom is -0.341 e. The molecule has 176 valence electrons. The Morgan fingerprint density at radius 2 is 1.94 bits per heavy atom. The lowest BCUT2D eigenvalue weighted by Gasteiger charge is -2.35. The van der Waals surface area contributed by atoms with Gasteiger partial charge in [-0.2, -0.15) is 16.3 Å². The van der Waals surface area contributed by atoms with Crippen LogP contribution in [-0.2, 0) is 0 Å². The Morgan fingerprint density at radius 1 is 1.15 bits per heavy atom. The molecule has 4 heterocycles. The number of nitrogens with zero attached hydrogens (tertiary/aromatic N) is 4. The van der Waals surface area contributed by atoms with E-state index >= 15 is 0 Å². The van der Waals surface area contributed by atoms with Crippen LogP contribution in [0.4, 0.5) is 39.3 Å². The summed E-state index contributed by atoms with van der Waals surface area (Å²) in [4.78, 5) is 38.7. The van der Waals surface area contributed by atoms with E-state index in [9.17, 15) is 9.59 Å². The largest absolute Gasteiger partial charge is 0.341 e. The fourth-order valence-corrected chi connectivity index (χ4v) is 4.72. The summed E-state index contributed by atoms with van der Waals surface area (Å²) in [5.41, 5.74) is 2.90. The number of fused-ring (bicyclic) bond motifs is 2. The van der Waals surface area contributed by atoms with E-state index in [1.54, 1.807) is 24.4 Å². The maximum absolute atomic E-state index is 12.8. The zero-order valence-electron chi connectivity index (χ0n) is 19.0. The molecule has 11 heteroatoms. The molecule has 10 nitrogen and oxygen atoms in total. The third-order valence-corrected chi connectivity index (χ3v) is 6.81. The van der Waals surface area contributed by atoms with Crippen molar-refractivity contribution in [2.24, 2.45) is 0 Å². The fraction of sp³-hybridized carbons (Fsp3) is 0.304. The zero-order valence-corrected chi connectivity index (χ0v) is 19.8. The third-order valence-electron chi connectivity index (χ3n) is 6.13. The Kier molecular flexibility index (Phi) is 6.03. The summed E-state index contributed by atoms with van der Waals surface area (Å²) in [6.45, 7) is 2.06. The average Bonchev–Trinajstić information content (AvgIpc) is 3.28. The van der Waals surface area contributed by atoms with Gasteiger partial charge in [0.05, 0.1) is 17.1 Å². The highest BCUT2D eigenvalue weighted by atomic mass is 32.1. The van der Waals surface area contributed by atoms with E-state index in [4.69, 9.17) is 0 Å². The van der Waals surface area contributed by atoms with Crippen molar-refractivity contribution < 1.29 is 9.59 Å². The number of hydrogen-bond donors (Lipinski definition) is 4. The van der Waals surface area contributed by atoms with Gasteiger partial charge in [0.25, 0.3) is 5.91 Å². The molecule has 1 fully saturated rings. The molecule has 0 unspecified atom stereocenters. The van der Waals surface area contributed by atoms with E-state index < -0.39 is 0 Å². The molecule has 0 spiro atoms. The van der Waals surface area contributed by atoms with Gasteiger partial charge in [-0.15, -0.1) is 0 Å². The van der Waals surface area contributed by atoms with E-state index in [1.807, 2.05) is 23.9 Å². The summed E-state index contributed by atoms with van der Waals surface area (Å²) < 4.78 is 0. The van der Waals surface area contributed by atoms with Crippen LogP contribution in [-0.4, -0.2) is 60.0 Å². The van der Waals surface area contributed by atoms with Gasteiger partial charge in [0.1, 0.15) is 11.4 Å². The number of benzene rings is 1. The standard InChI is InChI=1S/C23H26N8O2S/c1-30-8-5-16(6-9-30)31(2)22-24-12-17-20(29-22)27-19-11-14(3-4-18(19)28-21(17)32)25-23(33)26-15-7-10-34-13-15/h3-4,7,10-13,16H,5-6,8-9H2,1-2H3,(H,28,32)(H,24,27,29)(H2,25,26,33). The summed E-state index contributed by atoms with van der Waals surface area (Å²) in [7, 11) is 4.13. The number of rotatable bonds is 4. The predicted molar refractivity (Wildman–Crippen MR) is 136 cm³/mol. The van der Waals surface area contributed by atoms with Gasteiger partial charge >= 0.3 is 6.03 Å². The lowest BCUT2D eigenvalue weighted by molar-refractivity contribution is 0.102. The van der Waals surface area contributed by atoms with Gasteiger partial charge in [-0.1, -0.05) is 0 Å². The number of carbonyl (C=O) groups is 2. The molecule has 0 radical (unpaired) electrons. The minimum atomic E-state index is -0.347. The molecule has 4 N–H and O–H groups in total. The van der Waals surface area contributed by atoms with Crippen molar-refractivity contribution in [2.45, 2.75) is 18.9 Å². The van der Waals surface area contributed by atoms with Gasteiger partial charge in [-0.25, -0.2) is 9.78 Å². The quantitative estimate of drug-likeness (QED) is 0.448. The molecule has 1 saturated heterocycles. The molecule has 3 amide bonds. The molecule has 0 aliphatic carbocycles. The molecule has 3 aromatic rings. The Bertz CT molecular complexity index is 1210. The maximum atomic E-state index is 12.8. The molecule has 0 atom stereocenters. The number of hydrogen-bond acceptors (Lipinski definition) is 8. The lowest BCUT2D eigenvalue weighted by atomic mass is 10.0. The molecule has 5 rings (SSSR count). The van der Waals surface area contributed by atoms with Gasteiger partial charge in [0.2, 0.25) is 5.95 Å². The summed E-state index contributed by atoms with van der Waals surface area (Å²) in [6.07, 6.45) is 3.63. The number of urea groups is 1. The summed E-state index contributed by atoms with van der Waals surface area (Å²) in [5.74, 6) is 0.716. The van der Waals surface area contributed by atoms with Crippen molar-refractivity contribution in [3.8, 4) is 0 Å². The minimum absolute atomic E-state index is 0.286. The van der Waals surface area contributed by atoms with Gasteiger partial charge in [-0.3, -0.25) is 4.79 Å². The summed E-state index contributed by atoms with van der Waals surface area (Å²) in [6, 6.07) is 7.06. The van der Waals surface area contributed by atoms with Crippen LogP contribution in [0.15, 0.2) is 41.2 Å². The van der Waals surface area contributed by atoms with Crippen molar-refractivity contribution in [1.29, 1.82) is 0 Å². The maximum Gasteiger partial charge on any atom is 0.323 e. The van der Waals surface area contributed by atoms with Crippen LogP contribution >= 0.6 is 11.3 Å². The van der Waals surface area contributed by atoms with Gasteiger partial charge in [-0.05, 0) is 62.6 Å². The van der Waals surface area contributed by atoms with Crippen LogP contribution < -0.4 is 26.2 Å². The number of nitrogens with one attached hydrogen (secondary N) is 4. The van der Waals surface area contributed by atoms with E-state index in [0.717, 1.165) is 31.6 Å². The highest BCUT2D eigenvalue weighted by Crippen LogP contribution is 2.34.